The second-order valence-electron chi connectivity index (χ2n) is 6.27. The van der Waals surface area contributed by atoms with E-state index in [-0.39, 0.29) is 11.8 Å². The van der Waals surface area contributed by atoms with Crippen molar-refractivity contribution in [2.24, 2.45) is 5.92 Å². The lowest BCUT2D eigenvalue weighted by atomic mass is 9.88. The smallest absolute Gasteiger partial charge is 0.246 e. The Bertz CT molecular complexity index is 675. The molecule has 1 aliphatic carbocycles. The van der Waals surface area contributed by atoms with E-state index in [0.717, 1.165) is 37.0 Å². The average molecular weight is 329 g/mol. The van der Waals surface area contributed by atoms with E-state index in [4.69, 9.17) is 9.26 Å². The molecule has 0 saturated heterocycles. The summed E-state index contributed by atoms with van der Waals surface area (Å²) < 4.78 is 10.4. The maximum atomic E-state index is 12.5. The highest BCUT2D eigenvalue weighted by atomic mass is 16.5. The Kier molecular flexibility index (Phi) is 5.13. The van der Waals surface area contributed by atoms with Gasteiger partial charge in [-0.1, -0.05) is 24.4 Å². The number of rotatable bonds is 5. The fourth-order valence-electron chi connectivity index (χ4n) is 3.12. The molecule has 0 unspecified atom stereocenters. The van der Waals surface area contributed by atoms with Crippen LogP contribution in [0.5, 0.6) is 5.75 Å². The van der Waals surface area contributed by atoms with E-state index < -0.39 is 0 Å². The predicted molar refractivity (Wildman–Crippen MR) is 89.3 cm³/mol. The van der Waals surface area contributed by atoms with Gasteiger partial charge < -0.3 is 14.2 Å². The number of methoxy groups -OCH3 is 1. The first-order valence-electron chi connectivity index (χ1n) is 8.39. The van der Waals surface area contributed by atoms with E-state index in [1.165, 1.54) is 6.42 Å². The SMILES string of the molecule is COc1ccc(-c2noc(CN(C)C(=O)C3CCCCC3)n2)cc1. The van der Waals surface area contributed by atoms with E-state index in [1.807, 2.05) is 24.3 Å². The van der Waals surface area contributed by atoms with Crippen LogP contribution >= 0.6 is 0 Å². The molecule has 3 rings (SSSR count). The molecule has 6 nitrogen and oxygen atoms in total. The normalized spacial score (nSPS) is 15.2. The van der Waals surface area contributed by atoms with Crippen molar-refractivity contribution in [3.05, 3.63) is 30.2 Å². The predicted octanol–water partition coefficient (Wildman–Crippen LogP) is 3.28. The third kappa shape index (κ3) is 3.75. The maximum absolute atomic E-state index is 12.5. The molecule has 1 aromatic carbocycles. The topological polar surface area (TPSA) is 68.5 Å². The molecular formula is C18H23N3O3. The molecule has 1 saturated carbocycles. The lowest BCUT2D eigenvalue weighted by Gasteiger charge is -2.25. The number of aromatic nitrogens is 2. The molecule has 2 aromatic rings. The first kappa shape index (κ1) is 16.5. The molecule has 1 aliphatic rings. The Morgan fingerprint density at radius 3 is 2.62 bits per heavy atom. The highest BCUT2D eigenvalue weighted by Crippen LogP contribution is 2.26. The van der Waals surface area contributed by atoms with Crippen molar-refractivity contribution in [2.75, 3.05) is 14.2 Å². The molecule has 0 spiro atoms. The van der Waals surface area contributed by atoms with Crippen molar-refractivity contribution in [3.8, 4) is 17.1 Å². The molecule has 0 N–H and O–H groups in total. The summed E-state index contributed by atoms with van der Waals surface area (Å²) in [5.41, 5.74) is 0.854. The van der Waals surface area contributed by atoms with Gasteiger partial charge in [-0.05, 0) is 37.1 Å². The van der Waals surface area contributed by atoms with Crippen LogP contribution in [0.4, 0.5) is 0 Å². The third-order valence-electron chi connectivity index (χ3n) is 4.52. The lowest BCUT2D eigenvalue weighted by molar-refractivity contribution is -0.136. The van der Waals surface area contributed by atoms with E-state index in [0.29, 0.717) is 18.3 Å². The minimum Gasteiger partial charge on any atom is -0.497 e. The number of carbonyl (C=O) groups is 1. The fraction of sp³-hybridized carbons (Fsp3) is 0.500. The van der Waals surface area contributed by atoms with Gasteiger partial charge in [0.15, 0.2) is 0 Å². The van der Waals surface area contributed by atoms with Crippen molar-refractivity contribution < 1.29 is 14.1 Å². The highest BCUT2D eigenvalue weighted by Gasteiger charge is 2.25. The summed E-state index contributed by atoms with van der Waals surface area (Å²) in [5.74, 6) is 2.07. The molecule has 1 aromatic heterocycles. The van der Waals surface area contributed by atoms with E-state index >= 15 is 0 Å². The largest absolute Gasteiger partial charge is 0.497 e. The van der Waals surface area contributed by atoms with Gasteiger partial charge in [0, 0.05) is 18.5 Å². The van der Waals surface area contributed by atoms with Crippen molar-refractivity contribution in [1.82, 2.24) is 15.0 Å². The molecule has 0 bridgehead atoms. The standard InChI is InChI=1S/C18H23N3O3/c1-21(18(22)14-6-4-3-5-7-14)12-16-19-17(20-24-16)13-8-10-15(23-2)11-9-13/h8-11,14H,3-7,12H2,1-2H3. The zero-order valence-electron chi connectivity index (χ0n) is 14.2. The first-order valence-corrected chi connectivity index (χ1v) is 8.39. The summed E-state index contributed by atoms with van der Waals surface area (Å²) in [6.45, 7) is 0.346. The van der Waals surface area contributed by atoms with Gasteiger partial charge in [-0.2, -0.15) is 4.98 Å². The highest BCUT2D eigenvalue weighted by molar-refractivity contribution is 5.78. The van der Waals surface area contributed by atoms with Gasteiger partial charge in [0.2, 0.25) is 17.6 Å². The van der Waals surface area contributed by atoms with E-state index in [2.05, 4.69) is 10.1 Å². The van der Waals surface area contributed by atoms with Crippen molar-refractivity contribution in [2.45, 2.75) is 38.6 Å². The molecule has 0 radical (unpaired) electrons. The molecule has 1 amide bonds. The molecule has 128 valence electrons. The summed E-state index contributed by atoms with van der Waals surface area (Å²) in [6.07, 6.45) is 5.51. The number of nitrogens with zero attached hydrogens (tertiary/aromatic N) is 3. The average Bonchev–Trinajstić information content (AvgIpc) is 3.10. The maximum Gasteiger partial charge on any atom is 0.246 e. The van der Waals surface area contributed by atoms with Crippen molar-refractivity contribution >= 4 is 5.91 Å². The van der Waals surface area contributed by atoms with Gasteiger partial charge in [0.1, 0.15) is 5.75 Å². The number of benzene rings is 1. The summed E-state index contributed by atoms with van der Waals surface area (Å²) >= 11 is 0. The van der Waals surface area contributed by atoms with Crippen LogP contribution in [0.3, 0.4) is 0 Å². The van der Waals surface area contributed by atoms with Crippen LogP contribution in [0.25, 0.3) is 11.4 Å². The second-order valence-corrected chi connectivity index (χ2v) is 6.27. The Balaban J connectivity index is 1.63. The Hall–Kier alpha value is -2.37. The number of ether oxygens (including phenoxy) is 1. The fourth-order valence-corrected chi connectivity index (χ4v) is 3.12. The Labute approximate surface area is 141 Å². The van der Waals surface area contributed by atoms with Gasteiger partial charge in [-0.3, -0.25) is 4.79 Å². The van der Waals surface area contributed by atoms with Crippen LogP contribution in [0.15, 0.2) is 28.8 Å². The monoisotopic (exact) mass is 329 g/mol. The first-order chi connectivity index (χ1) is 11.7. The van der Waals surface area contributed by atoms with E-state index in [1.54, 1.807) is 19.1 Å². The molecule has 0 aliphatic heterocycles. The molecule has 24 heavy (non-hydrogen) atoms. The van der Waals surface area contributed by atoms with Crippen LogP contribution in [0.1, 0.15) is 38.0 Å². The second kappa shape index (κ2) is 7.47. The zero-order valence-corrected chi connectivity index (χ0v) is 14.2. The Morgan fingerprint density at radius 2 is 1.96 bits per heavy atom. The van der Waals surface area contributed by atoms with Gasteiger partial charge in [0.05, 0.1) is 13.7 Å². The van der Waals surface area contributed by atoms with Crippen molar-refractivity contribution in [3.63, 3.8) is 0 Å². The zero-order chi connectivity index (χ0) is 16.9. The van der Waals surface area contributed by atoms with Crippen LogP contribution < -0.4 is 4.74 Å². The minimum absolute atomic E-state index is 0.146. The summed E-state index contributed by atoms with van der Waals surface area (Å²) in [5, 5.41) is 4.00. The Morgan fingerprint density at radius 1 is 1.25 bits per heavy atom. The van der Waals surface area contributed by atoms with Crippen LogP contribution in [-0.4, -0.2) is 35.1 Å². The van der Waals surface area contributed by atoms with Crippen LogP contribution in [0, 0.1) is 5.92 Å². The summed E-state index contributed by atoms with van der Waals surface area (Å²) in [4.78, 5) is 18.6. The summed E-state index contributed by atoms with van der Waals surface area (Å²) in [6, 6.07) is 7.46. The van der Waals surface area contributed by atoms with Gasteiger partial charge in [0.25, 0.3) is 0 Å². The number of hydrogen-bond donors (Lipinski definition) is 0. The quantitative estimate of drug-likeness (QED) is 0.842. The number of carbonyl (C=O) groups excluding carboxylic acids is 1. The molecule has 1 heterocycles. The lowest BCUT2D eigenvalue weighted by Crippen LogP contribution is -2.33. The van der Waals surface area contributed by atoms with Gasteiger partial charge in [-0.15, -0.1) is 0 Å². The molecule has 6 heteroatoms. The van der Waals surface area contributed by atoms with E-state index in [9.17, 15) is 4.79 Å². The van der Waals surface area contributed by atoms with Crippen molar-refractivity contribution in [1.29, 1.82) is 0 Å². The van der Waals surface area contributed by atoms with Gasteiger partial charge in [-0.25, -0.2) is 0 Å². The molecule has 1 fully saturated rings. The van der Waals surface area contributed by atoms with Crippen LogP contribution in [0.2, 0.25) is 0 Å². The minimum atomic E-state index is 0.146. The molecule has 0 atom stereocenters. The summed E-state index contributed by atoms with van der Waals surface area (Å²) in [7, 11) is 3.43. The van der Waals surface area contributed by atoms with Crippen LogP contribution in [-0.2, 0) is 11.3 Å². The third-order valence-corrected chi connectivity index (χ3v) is 4.52. The van der Waals surface area contributed by atoms with Gasteiger partial charge >= 0.3 is 0 Å². The molecular weight excluding hydrogens is 306 g/mol. The number of hydrogen-bond acceptors (Lipinski definition) is 5. The number of amides is 1.